The van der Waals surface area contributed by atoms with Gasteiger partial charge >= 0.3 is 0 Å². The zero-order valence-corrected chi connectivity index (χ0v) is 16.3. The fourth-order valence-corrected chi connectivity index (χ4v) is 3.79. The quantitative estimate of drug-likeness (QED) is 0.561. The summed E-state index contributed by atoms with van der Waals surface area (Å²) in [6.07, 6.45) is 2.66. The summed E-state index contributed by atoms with van der Waals surface area (Å²) in [5.74, 6) is 1.22. The predicted molar refractivity (Wildman–Crippen MR) is 107 cm³/mol. The molecular weight excluding hydrogens is 374 g/mol. The molecule has 0 fully saturated rings. The van der Waals surface area contributed by atoms with E-state index in [1.807, 2.05) is 49.4 Å². The van der Waals surface area contributed by atoms with E-state index in [1.165, 1.54) is 12.6 Å². The van der Waals surface area contributed by atoms with E-state index in [9.17, 15) is 8.42 Å². The zero-order chi connectivity index (χ0) is 19.7. The minimum Gasteiger partial charge on any atom is -0.359 e. The average molecular weight is 393 g/mol. The van der Waals surface area contributed by atoms with Crippen LogP contribution in [0, 0.1) is 6.92 Å². The largest absolute Gasteiger partial charge is 0.359 e. The van der Waals surface area contributed by atoms with Gasteiger partial charge in [-0.3, -0.25) is 0 Å². The van der Waals surface area contributed by atoms with Gasteiger partial charge < -0.3 is 5.32 Å². The van der Waals surface area contributed by atoms with Gasteiger partial charge in [0.2, 0.25) is 0 Å². The van der Waals surface area contributed by atoms with Crippen LogP contribution >= 0.6 is 0 Å². The van der Waals surface area contributed by atoms with E-state index in [2.05, 4.69) is 20.4 Å². The van der Waals surface area contributed by atoms with Gasteiger partial charge in [-0.25, -0.2) is 13.4 Å². The molecule has 0 amide bonds. The van der Waals surface area contributed by atoms with Crippen molar-refractivity contribution in [1.29, 1.82) is 0 Å². The number of hydrogen-bond donors (Lipinski definition) is 1. The van der Waals surface area contributed by atoms with Gasteiger partial charge in [0.1, 0.15) is 12.1 Å². The summed E-state index contributed by atoms with van der Waals surface area (Å²) < 4.78 is 25.7. The molecule has 4 aromatic rings. The molecule has 0 spiro atoms. The molecule has 0 aliphatic rings. The van der Waals surface area contributed by atoms with E-state index in [4.69, 9.17) is 0 Å². The number of aromatic nitrogens is 4. The Hall–Kier alpha value is -3.26. The molecule has 0 saturated carbocycles. The molecule has 2 heterocycles. The van der Waals surface area contributed by atoms with Crippen LogP contribution in [0.5, 0.6) is 0 Å². The van der Waals surface area contributed by atoms with Crippen LogP contribution < -0.4 is 5.32 Å². The first-order valence-corrected chi connectivity index (χ1v) is 10.6. The third kappa shape index (κ3) is 3.59. The van der Waals surface area contributed by atoms with Crippen molar-refractivity contribution in [3.63, 3.8) is 0 Å². The van der Waals surface area contributed by atoms with Crippen LogP contribution in [0.3, 0.4) is 0 Å². The molecular formula is C20H19N5O2S. The molecule has 28 heavy (non-hydrogen) atoms. The second kappa shape index (κ2) is 7.05. The Morgan fingerprint density at radius 1 is 1.00 bits per heavy atom. The van der Waals surface area contributed by atoms with Crippen LogP contribution in [0.4, 0.5) is 5.82 Å². The van der Waals surface area contributed by atoms with Crippen LogP contribution in [0.1, 0.15) is 22.9 Å². The molecule has 7 nitrogen and oxygen atoms in total. The highest BCUT2D eigenvalue weighted by atomic mass is 32.2. The van der Waals surface area contributed by atoms with E-state index in [0.29, 0.717) is 5.78 Å². The van der Waals surface area contributed by atoms with Gasteiger partial charge in [-0.15, -0.1) is 0 Å². The Morgan fingerprint density at radius 3 is 2.50 bits per heavy atom. The Labute approximate surface area is 163 Å². The average Bonchev–Trinajstić information content (AvgIpc) is 3.14. The lowest BCUT2D eigenvalue weighted by Gasteiger charge is -2.22. The summed E-state index contributed by atoms with van der Waals surface area (Å²) in [5, 5.41) is 7.73. The number of aryl methyl sites for hydroxylation is 1. The van der Waals surface area contributed by atoms with Crippen molar-refractivity contribution < 1.29 is 8.42 Å². The SMILES string of the molecule is Cc1cc(NC(c2ccccc2)c2cccc(S(C)(=O)=O)c2)n2ncnc2n1. The topological polar surface area (TPSA) is 89.2 Å². The fraction of sp³-hybridized carbons (Fsp3) is 0.150. The molecule has 0 bridgehead atoms. The van der Waals surface area contributed by atoms with Gasteiger partial charge in [0.25, 0.3) is 5.78 Å². The smallest absolute Gasteiger partial charge is 0.254 e. The lowest BCUT2D eigenvalue weighted by molar-refractivity contribution is 0.601. The first-order chi connectivity index (χ1) is 13.4. The molecule has 2 aromatic carbocycles. The van der Waals surface area contributed by atoms with Gasteiger partial charge in [-0.05, 0) is 30.2 Å². The van der Waals surface area contributed by atoms with Crippen molar-refractivity contribution >= 4 is 21.4 Å². The maximum atomic E-state index is 12.0. The highest BCUT2D eigenvalue weighted by Crippen LogP contribution is 2.28. The number of anilines is 1. The molecule has 1 unspecified atom stereocenters. The summed E-state index contributed by atoms with van der Waals surface area (Å²) in [4.78, 5) is 8.81. The molecule has 8 heteroatoms. The van der Waals surface area contributed by atoms with Crippen molar-refractivity contribution in [2.24, 2.45) is 0 Å². The molecule has 142 valence electrons. The number of sulfone groups is 1. The third-order valence-corrected chi connectivity index (χ3v) is 5.53. The van der Waals surface area contributed by atoms with Gasteiger partial charge in [0.05, 0.1) is 10.9 Å². The summed E-state index contributed by atoms with van der Waals surface area (Å²) in [6, 6.07) is 18.4. The van der Waals surface area contributed by atoms with E-state index in [0.717, 1.165) is 22.6 Å². The third-order valence-electron chi connectivity index (χ3n) is 4.42. The highest BCUT2D eigenvalue weighted by molar-refractivity contribution is 7.90. The molecule has 1 N–H and O–H groups in total. The lowest BCUT2D eigenvalue weighted by atomic mass is 9.98. The normalized spacial score (nSPS) is 12.8. The second-order valence-corrected chi connectivity index (χ2v) is 8.60. The summed E-state index contributed by atoms with van der Waals surface area (Å²) in [6.45, 7) is 1.89. The Balaban J connectivity index is 1.85. The van der Waals surface area contributed by atoms with Crippen LogP contribution in [0.2, 0.25) is 0 Å². The minimum atomic E-state index is -3.31. The van der Waals surface area contributed by atoms with Gasteiger partial charge in [-0.2, -0.15) is 14.6 Å². The van der Waals surface area contributed by atoms with E-state index >= 15 is 0 Å². The van der Waals surface area contributed by atoms with Crippen molar-refractivity contribution in [2.75, 3.05) is 11.6 Å². The van der Waals surface area contributed by atoms with Crippen molar-refractivity contribution in [2.45, 2.75) is 17.9 Å². The van der Waals surface area contributed by atoms with Crippen molar-refractivity contribution in [3.8, 4) is 0 Å². The number of fused-ring (bicyclic) bond motifs is 1. The minimum absolute atomic E-state index is 0.280. The zero-order valence-electron chi connectivity index (χ0n) is 15.4. The van der Waals surface area contributed by atoms with Crippen LogP contribution in [0.25, 0.3) is 5.78 Å². The van der Waals surface area contributed by atoms with E-state index in [-0.39, 0.29) is 10.9 Å². The van der Waals surface area contributed by atoms with Crippen LogP contribution in [0.15, 0.2) is 71.9 Å². The molecule has 0 aliphatic heterocycles. The van der Waals surface area contributed by atoms with Crippen LogP contribution in [-0.4, -0.2) is 34.3 Å². The number of nitrogens with zero attached hydrogens (tertiary/aromatic N) is 4. The Morgan fingerprint density at radius 2 is 1.75 bits per heavy atom. The number of rotatable bonds is 5. The summed E-state index contributed by atoms with van der Waals surface area (Å²) in [7, 11) is -3.31. The second-order valence-electron chi connectivity index (χ2n) is 6.59. The molecule has 0 aliphatic carbocycles. The fourth-order valence-electron chi connectivity index (χ4n) is 3.11. The van der Waals surface area contributed by atoms with Crippen LogP contribution in [-0.2, 0) is 9.84 Å². The predicted octanol–water partition coefficient (Wildman–Crippen LogP) is 3.04. The molecule has 1 atom stereocenters. The molecule has 0 radical (unpaired) electrons. The Kier molecular flexibility index (Phi) is 4.56. The summed E-state index contributed by atoms with van der Waals surface area (Å²) >= 11 is 0. The Bertz CT molecular complexity index is 1240. The first-order valence-electron chi connectivity index (χ1n) is 8.71. The highest BCUT2D eigenvalue weighted by Gasteiger charge is 2.18. The maximum absolute atomic E-state index is 12.0. The molecule has 4 rings (SSSR count). The van der Waals surface area contributed by atoms with Crippen molar-refractivity contribution in [3.05, 3.63) is 83.8 Å². The van der Waals surface area contributed by atoms with Gasteiger partial charge in [0.15, 0.2) is 9.84 Å². The monoisotopic (exact) mass is 393 g/mol. The number of hydrogen-bond acceptors (Lipinski definition) is 6. The van der Waals surface area contributed by atoms with E-state index in [1.54, 1.807) is 22.7 Å². The van der Waals surface area contributed by atoms with Gasteiger partial charge in [0, 0.05) is 18.0 Å². The lowest BCUT2D eigenvalue weighted by Crippen LogP contribution is -2.16. The van der Waals surface area contributed by atoms with Gasteiger partial charge in [-0.1, -0.05) is 42.5 Å². The standard InChI is InChI=1S/C20H19N5O2S/c1-14-11-18(25-20(23-14)21-13-22-25)24-19(15-7-4-3-5-8-15)16-9-6-10-17(12-16)28(2,26)27/h3-13,19,24H,1-2H3. The first kappa shape index (κ1) is 18.1. The molecule has 0 saturated heterocycles. The van der Waals surface area contributed by atoms with E-state index < -0.39 is 9.84 Å². The maximum Gasteiger partial charge on any atom is 0.254 e. The number of nitrogens with one attached hydrogen (secondary N) is 1. The number of benzene rings is 2. The molecule has 2 aromatic heterocycles. The van der Waals surface area contributed by atoms with Crippen molar-refractivity contribution in [1.82, 2.24) is 19.6 Å². The summed E-state index contributed by atoms with van der Waals surface area (Å²) in [5.41, 5.74) is 2.63.